The lowest BCUT2D eigenvalue weighted by molar-refractivity contribution is -0.253. The lowest BCUT2D eigenvalue weighted by Crippen LogP contribution is -2.39. The van der Waals surface area contributed by atoms with Crippen molar-refractivity contribution in [2.45, 2.75) is 123 Å². The topological polar surface area (TPSA) is 52.6 Å². The molecule has 0 aromatic heterocycles. The molecule has 1 aliphatic carbocycles. The van der Waals surface area contributed by atoms with Gasteiger partial charge in [-0.15, -0.1) is 0 Å². The number of hydrogen-bond donors (Lipinski definition) is 0. The van der Waals surface area contributed by atoms with E-state index in [1.165, 1.54) is 25.7 Å². The van der Waals surface area contributed by atoms with Crippen LogP contribution in [-0.2, 0) is 19.1 Å². The lowest BCUT2D eigenvalue weighted by Gasteiger charge is -2.37. The third kappa shape index (κ3) is 12.5. The van der Waals surface area contributed by atoms with Crippen molar-refractivity contribution < 1.29 is 19.1 Å². The van der Waals surface area contributed by atoms with Crippen LogP contribution in [0.4, 0.5) is 0 Å². The maximum absolute atomic E-state index is 12.1. The van der Waals surface area contributed by atoms with Crippen LogP contribution in [0.25, 0.3) is 0 Å². The summed E-state index contributed by atoms with van der Waals surface area (Å²) in [4.78, 5) is 23.7. The first kappa shape index (κ1) is 26.3. The number of hydrogen-bond acceptors (Lipinski definition) is 4. The molecule has 0 spiro atoms. The summed E-state index contributed by atoms with van der Waals surface area (Å²) in [6.45, 7) is 9.77. The second-order valence-electron chi connectivity index (χ2n) is 9.53. The average molecular weight is 411 g/mol. The second kappa shape index (κ2) is 15.1. The SMILES string of the molecule is CC(C)CCCOC1(OCCCC(=O)CCCCCC(=O)C(C)C)CCCCC1. The molecule has 0 heterocycles. The van der Waals surface area contributed by atoms with E-state index in [1.807, 2.05) is 13.8 Å². The van der Waals surface area contributed by atoms with Crippen LogP contribution in [0.2, 0.25) is 0 Å². The highest BCUT2D eigenvalue weighted by atomic mass is 16.7. The molecule has 0 unspecified atom stereocenters. The molecule has 1 aliphatic rings. The van der Waals surface area contributed by atoms with Crippen molar-refractivity contribution in [2.75, 3.05) is 13.2 Å². The number of ketones is 2. The van der Waals surface area contributed by atoms with Gasteiger partial charge in [0.25, 0.3) is 0 Å². The zero-order valence-corrected chi connectivity index (χ0v) is 19.6. The average Bonchev–Trinajstić information content (AvgIpc) is 2.69. The largest absolute Gasteiger partial charge is 0.350 e. The maximum Gasteiger partial charge on any atom is 0.168 e. The van der Waals surface area contributed by atoms with Gasteiger partial charge in [-0.2, -0.15) is 0 Å². The highest BCUT2D eigenvalue weighted by Gasteiger charge is 2.33. The second-order valence-corrected chi connectivity index (χ2v) is 9.53. The molecule has 0 bridgehead atoms. The Morgan fingerprint density at radius 3 is 1.97 bits per heavy atom. The Bertz CT molecular complexity index is 450. The Hall–Kier alpha value is -0.740. The summed E-state index contributed by atoms with van der Waals surface area (Å²) in [5.41, 5.74) is 0. The van der Waals surface area contributed by atoms with E-state index in [1.54, 1.807) is 0 Å². The predicted octanol–water partition coefficient (Wildman–Crippen LogP) is 6.64. The summed E-state index contributed by atoms with van der Waals surface area (Å²) in [5.74, 6) is 1.09. The van der Waals surface area contributed by atoms with Crippen LogP contribution in [0.5, 0.6) is 0 Å². The van der Waals surface area contributed by atoms with E-state index in [0.717, 1.165) is 51.6 Å². The highest BCUT2D eigenvalue weighted by molar-refractivity contribution is 5.80. The first-order valence-corrected chi connectivity index (χ1v) is 12.2. The lowest BCUT2D eigenvalue weighted by atomic mass is 9.94. The minimum atomic E-state index is -0.402. The van der Waals surface area contributed by atoms with Gasteiger partial charge in [0.05, 0.1) is 13.2 Å². The fraction of sp³-hybridized carbons (Fsp3) is 0.920. The number of rotatable bonds is 17. The third-order valence-electron chi connectivity index (χ3n) is 5.89. The molecule has 1 rings (SSSR count). The molecule has 1 fully saturated rings. The highest BCUT2D eigenvalue weighted by Crippen LogP contribution is 2.33. The van der Waals surface area contributed by atoms with E-state index < -0.39 is 5.79 Å². The monoisotopic (exact) mass is 410 g/mol. The number of carbonyl (C=O) groups is 2. The first-order valence-electron chi connectivity index (χ1n) is 12.2. The van der Waals surface area contributed by atoms with Gasteiger partial charge in [-0.1, -0.05) is 40.5 Å². The molecule has 0 saturated heterocycles. The van der Waals surface area contributed by atoms with Crippen molar-refractivity contribution in [1.29, 1.82) is 0 Å². The summed E-state index contributed by atoms with van der Waals surface area (Å²) in [5, 5.41) is 0. The maximum atomic E-state index is 12.1. The van der Waals surface area contributed by atoms with Gasteiger partial charge in [0.1, 0.15) is 11.6 Å². The molecule has 4 heteroatoms. The van der Waals surface area contributed by atoms with Crippen LogP contribution < -0.4 is 0 Å². The predicted molar refractivity (Wildman–Crippen MR) is 119 cm³/mol. The summed E-state index contributed by atoms with van der Waals surface area (Å²) in [7, 11) is 0. The Kier molecular flexibility index (Phi) is 13.7. The quantitative estimate of drug-likeness (QED) is 0.199. The fourth-order valence-electron chi connectivity index (χ4n) is 3.91. The van der Waals surface area contributed by atoms with Crippen LogP contribution in [0.3, 0.4) is 0 Å². The van der Waals surface area contributed by atoms with Crippen LogP contribution in [0, 0.1) is 11.8 Å². The van der Waals surface area contributed by atoms with Gasteiger partial charge in [-0.3, -0.25) is 9.59 Å². The van der Waals surface area contributed by atoms with Crippen molar-refractivity contribution in [3.05, 3.63) is 0 Å². The molecule has 0 aromatic carbocycles. The van der Waals surface area contributed by atoms with E-state index >= 15 is 0 Å². The van der Waals surface area contributed by atoms with Crippen molar-refractivity contribution in [3.8, 4) is 0 Å². The molecular formula is C25H46O4. The molecule has 0 radical (unpaired) electrons. The van der Waals surface area contributed by atoms with E-state index in [2.05, 4.69) is 13.8 Å². The number of unbranched alkanes of at least 4 members (excludes halogenated alkanes) is 2. The van der Waals surface area contributed by atoms with Crippen LogP contribution >= 0.6 is 0 Å². The van der Waals surface area contributed by atoms with Gasteiger partial charge in [0, 0.05) is 38.0 Å². The zero-order valence-electron chi connectivity index (χ0n) is 19.6. The van der Waals surface area contributed by atoms with Gasteiger partial charge in [0.15, 0.2) is 5.79 Å². The molecule has 0 N–H and O–H groups in total. The molecule has 0 atom stereocenters. The van der Waals surface area contributed by atoms with Crippen molar-refractivity contribution in [3.63, 3.8) is 0 Å². The zero-order chi connectivity index (χ0) is 21.5. The Balaban J connectivity index is 2.15. The van der Waals surface area contributed by atoms with Gasteiger partial charge in [0.2, 0.25) is 0 Å². The Labute approximate surface area is 179 Å². The summed E-state index contributed by atoms with van der Waals surface area (Å²) in [6, 6.07) is 0. The Morgan fingerprint density at radius 1 is 0.759 bits per heavy atom. The number of carbonyl (C=O) groups excluding carboxylic acids is 2. The van der Waals surface area contributed by atoms with Crippen molar-refractivity contribution >= 4 is 11.6 Å². The molecule has 1 saturated carbocycles. The fourth-order valence-corrected chi connectivity index (χ4v) is 3.91. The van der Waals surface area contributed by atoms with Gasteiger partial charge >= 0.3 is 0 Å². The minimum absolute atomic E-state index is 0.128. The molecule has 4 nitrogen and oxygen atoms in total. The standard InChI is InChI=1S/C25H46O4/c1-21(2)13-11-19-28-25(17-9-6-10-18-25)29-20-12-15-23(26)14-7-5-8-16-24(27)22(3)4/h21-22H,5-20H2,1-4H3. The molecule has 170 valence electrons. The molecule has 0 aliphatic heterocycles. The van der Waals surface area contributed by atoms with E-state index in [4.69, 9.17) is 9.47 Å². The first-order chi connectivity index (χ1) is 13.8. The van der Waals surface area contributed by atoms with Crippen LogP contribution in [-0.4, -0.2) is 30.6 Å². The van der Waals surface area contributed by atoms with Crippen LogP contribution in [0.1, 0.15) is 118 Å². The summed E-state index contributed by atoms with van der Waals surface area (Å²) >= 11 is 0. The third-order valence-corrected chi connectivity index (χ3v) is 5.89. The number of Topliss-reactive ketones (excluding diaryl/α,β-unsaturated/α-hetero) is 2. The van der Waals surface area contributed by atoms with Gasteiger partial charge in [-0.25, -0.2) is 0 Å². The number of ether oxygens (including phenoxy) is 2. The molecule has 0 aromatic rings. The molecule has 29 heavy (non-hydrogen) atoms. The van der Waals surface area contributed by atoms with E-state index in [9.17, 15) is 9.59 Å². The summed E-state index contributed by atoms with van der Waals surface area (Å²) < 4.78 is 12.4. The van der Waals surface area contributed by atoms with Gasteiger partial charge in [-0.05, 0) is 50.9 Å². The van der Waals surface area contributed by atoms with Gasteiger partial charge < -0.3 is 9.47 Å². The normalized spacial score (nSPS) is 16.5. The van der Waals surface area contributed by atoms with Crippen LogP contribution in [0.15, 0.2) is 0 Å². The Morgan fingerprint density at radius 2 is 1.34 bits per heavy atom. The summed E-state index contributed by atoms with van der Waals surface area (Å²) in [6.07, 6.45) is 13.3. The van der Waals surface area contributed by atoms with E-state index in [-0.39, 0.29) is 5.92 Å². The van der Waals surface area contributed by atoms with E-state index in [0.29, 0.717) is 43.4 Å². The van der Waals surface area contributed by atoms with Crippen molar-refractivity contribution in [2.24, 2.45) is 11.8 Å². The minimum Gasteiger partial charge on any atom is -0.350 e. The molecular weight excluding hydrogens is 364 g/mol. The molecule has 0 amide bonds. The van der Waals surface area contributed by atoms with Crippen molar-refractivity contribution in [1.82, 2.24) is 0 Å². The smallest absolute Gasteiger partial charge is 0.168 e.